The van der Waals surface area contributed by atoms with Crippen molar-refractivity contribution in [1.29, 1.82) is 0 Å². The number of unbranched alkanes of at least 4 members (excludes halogenated alkanes) is 12. The summed E-state index contributed by atoms with van der Waals surface area (Å²) in [4.78, 5) is 0. The van der Waals surface area contributed by atoms with Crippen LogP contribution >= 0.6 is 0 Å². The maximum absolute atomic E-state index is 12.3. The largest absolute Gasteiger partial charge is 0.507 e. The van der Waals surface area contributed by atoms with E-state index in [1.165, 1.54) is 149 Å². The van der Waals surface area contributed by atoms with E-state index in [-0.39, 0.29) is 33.6 Å². The standard InChI is InChI=1S/3C44H66O4/c3*1-9-11-13-15-29-25-37-39(33-23-27(3)17-21-35(33)43(5,6)47-37)41(45)31(29)19-20-32-30(16-14-12-10-2)26-38-40(42(32)46)34-24-28(4)18-22-36(34)44(7,8)48-38/h3*25-28,33-36,45-46H,9-24H2,1-8H3/t27-,28+,33-,34-,35-,36-;27-,28-,33+,34+,35+,36+;27-,28-,33-,34-,35-,36-/m101/s1. The molecule has 0 aromatic heterocycles. The van der Waals surface area contributed by atoms with Crippen molar-refractivity contribution in [2.45, 2.75) is 543 Å². The van der Waals surface area contributed by atoms with Gasteiger partial charge in [-0.25, -0.2) is 0 Å². The lowest BCUT2D eigenvalue weighted by atomic mass is 9.63. The molecule has 6 aromatic rings. The quantitative estimate of drug-likeness (QED) is 0.0215. The second-order valence-corrected chi connectivity index (χ2v) is 52.9. The van der Waals surface area contributed by atoms with Crippen LogP contribution in [0.25, 0.3) is 0 Å². The first kappa shape index (κ1) is 110. The van der Waals surface area contributed by atoms with E-state index >= 15 is 0 Å². The third-order valence-electron chi connectivity index (χ3n) is 39.7. The number of aryl methyl sites for hydroxylation is 6. The molecule has 6 aromatic carbocycles. The molecule has 6 N–H and O–H groups in total. The van der Waals surface area contributed by atoms with Crippen LogP contribution < -0.4 is 28.4 Å². The number of phenolic OH excluding ortho intramolecular Hbond substituents is 6. The van der Waals surface area contributed by atoms with Crippen LogP contribution in [0.4, 0.5) is 0 Å². The first-order valence-electron chi connectivity index (χ1n) is 60.0. The van der Waals surface area contributed by atoms with Gasteiger partial charge in [-0.1, -0.05) is 199 Å². The minimum atomic E-state index is -0.236. The second kappa shape index (κ2) is 45.6. The fourth-order valence-corrected chi connectivity index (χ4v) is 31.7. The first-order chi connectivity index (χ1) is 68.6. The van der Waals surface area contributed by atoms with Crippen LogP contribution in [0.15, 0.2) is 36.4 Å². The Hall–Kier alpha value is -7.08. The van der Waals surface area contributed by atoms with Gasteiger partial charge in [0.2, 0.25) is 0 Å². The number of benzene rings is 6. The van der Waals surface area contributed by atoms with E-state index in [0.717, 1.165) is 294 Å². The van der Waals surface area contributed by atoms with Gasteiger partial charge in [-0.15, -0.1) is 0 Å². The normalized spacial score (nSPS) is 28.3. The SMILES string of the molecule is CCCCCc1cc2c(c(O)c1CCc1c(CCCCC)cc3c(c1O)[C@@H]1C[C@@H](C)CC[C@H]1C(C)(C)O3)[C@@H]1C[C@@H](C)CC[C@H]1C(C)(C)O2.CCCCCc1cc2c(c(O)c1CCc1c(CCCCC)cc3c(c1O)[C@@H]1C[C@@H](C)CC[C@H]1C(C)(C)O3)[C@@H]1C[C@H](C)CC[C@H]1C(C)(C)O2.CCCCCc1cc2c(c(O)c1CCc1c(CCCCC)cc3c(c1O)[C@@H]1C[C@H](C)CC[C@H]1C(C)(C)O3)[C@@H]1C[C@H](C)CC[C@H]1C(C)(C)O2. The van der Waals surface area contributed by atoms with Crippen LogP contribution in [0, 0.1) is 71.0 Å². The van der Waals surface area contributed by atoms with Crippen molar-refractivity contribution in [3.63, 3.8) is 0 Å². The second-order valence-electron chi connectivity index (χ2n) is 52.9. The summed E-state index contributed by atoms with van der Waals surface area (Å²) in [6, 6.07) is 13.8. The van der Waals surface area contributed by atoms with E-state index in [1.54, 1.807) is 0 Å². The van der Waals surface area contributed by atoms with Crippen LogP contribution in [0.2, 0.25) is 0 Å². The minimum Gasteiger partial charge on any atom is -0.507 e. The molecule has 144 heavy (non-hydrogen) atoms. The van der Waals surface area contributed by atoms with Crippen LogP contribution in [0.1, 0.15) is 533 Å². The van der Waals surface area contributed by atoms with Gasteiger partial charge in [0, 0.05) is 68.9 Å². The third-order valence-corrected chi connectivity index (χ3v) is 39.7. The lowest BCUT2D eigenvalue weighted by Gasteiger charge is -2.49. The van der Waals surface area contributed by atoms with E-state index in [9.17, 15) is 30.6 Å². The van der Waals surface area contributed by atoms with Crippen LogP contribution in [0.5, 0.6) is 69.0 Å². The van der Waals surface area contributed by atoms with Crippen molar-refractivity contribution in [1.82, 2.24) is 0 Å². The van der Waals surface area contributed by atoms with E-state index in [2.05, 4.69) is 203 Å². The highest BCUT2D eigenvalue weighted by molar-refractivity contribution is 5.65. The Morgan fingerprint density at radius 2 is 0.333 bits per heavy atom. The third kappa shape index (κ3) is 22.8. The summed E-state index contributed by atoms with van der Waals surface area (Å²) in [5.41, 5.74) is 18.9. The zero-order valence-corrected chi connectivity index (χ0v) is 94.9. The molecule has 12 aliphatic rings. The van der Waals surface area contributed by atoms with E-state index in [0.29, 0.717) is 141 Å². The van der Waals surface area contributed by atoms with Crippen molar-refractivity contribution in [2.75, 3.05) is 0 Å². The van der Waals surface area contributed by atoms with Gasteiger partial charge in [0.25, 0.3) is 0 Å². The molecule has 6 aliphatic carbocycles. The Bertz CT molecular complexity index is 4550. The van der Waals surface area contributed by atoms with Gasteiger partial charge in [-0.2, -0.15) is 0 Å². The Morgan fingerprint density at radius 1 is 0.201 bits per heavy atom. The molecule has 6 heterocycles. The van der Waals surface area contributed by atoms with Crippen molar-refractivity contribution in [2.24, 2.45) is 71.0 Å². The van der Waals surface area contributed by atoms with Crippen LogP contribution in [-0.4, -0.2) is 64.2 Å². The van der Waals surface area contributed by atoms with Crippen molar-refractivity contribution >= 4 is 0 Å². The maximum Gasteiger partial charge on any atom is 0.127 e. The smallest absolute Gasteiger partial charge is 0.127 e. The van der Waals surface area contributed by atoms with Gasteiger partial charge in [0.05, 0.1) is 0 Å². The van der Waals surface area contributed by atoms with E-state index in [1.807, 2.05) is 0 Å². The Balaban J connectivity index is 0.000000155. The van der Waals surface area contributed by atoms with Crippen molar-refractivity contribution < 1.29 is 59.1 Å². The number of hydrogen-bond donors (Lipinski definition) is 6. The molecular formula is C132H198O12. The summed E-state index contributed by atoms with van der Waals surface area (Å²) >= 11 is 0. The summed E-state index contributed by atoms with van der Waals surface area (Å²) in [5, 5.41) is 74.0. The number of fused-ring (bicyclic) bond motifs is 18. The molecule has 18 atom stereocenters. The molecule has 0 spiro atoms. The highest BCUT2D eigenvalue weighted by Crippen LogP contribution is 2.65. The van der Waals surface area contributed by atoms with Gasteiger partial charge in [-0.3, -0.25) is 0 Å². The summed E-state index contributed by atoms with van der Waals surface area (Å²) in [5.74, 6) is 16.7. The summed E-state index contributed by atoms with van der Waals surface area (Å²) in [7, 11) is 0. The molecule has 6 aliphatic heterocycles. The number of hydrogen-bond acceptors (Lipinski definition) is 12. The average Bonchev–Trinajstić information content (AvgIpc) is 0.752. The number of aromatic hydroxyl groups is 6. The molecule has 0 bridgehead atoms. The number of rotatable bonds is 33. The molecule has 0 amide bonds. The molecule has 12 heteroatoms. The fourth-order valence-electron chi connectivity index (χ4n) is 31.7. The van der Waals surface area contributed by atoms with Gasteiger partial charge >= 0.3 is 0 Å². The van der Waals surface area contributed by atoms with Gasteiger partial charge in [0.1, 0.15) is 103 Å². The Morgan fingerprint density at radius 3 is 0.458 bits per heavy atom. The summed E-state index contributed by atoms with van der Waals surface area (Å²) in [6.07, 6.45) is 51.6. The topological polar surface area (TPSA) is 177 Å². The van der Waals surface area contributed by atoms with Crippen LogP contribution in [-0.2, 0) is 77.0 Å². The summed E-state index contributed by atoms with van der Waals surface area (Å²) < 4.78 is 40.7. The van der Waals surface area contributed by atoms with Crippen LogP contribution in [0.3, 0.4) is 0 Å². The lowest BCUT2D eigenvalue weighted by molar-refractivity contribution is -0.0150. The monoisotopic (exact) mass is 1980 g/mol. The molecule has 0 saturated heterocycles. The van der Waals surface area contributed by atoms with Gasteiger partial charge < -0.3 is 59.1 Å². The molecule has 0 radical (unpaired) electrons. The molecule has 12 nitrogen and oxygen atoms in total. The molecule has 18 rings (SSSR count). The van der Waals surface area contributed by atoms with Crippen molar-refractivity contribution in [3.8, 4) is 69.0 Å². The average molecular weight is 1980 g/mol. The molecular weight excluding hydrogens is 1780 g/mol. The molecule has 6 fully saturated rings. The van der Waals surface area contributed by atoms with Gasteiger partial charge in [-0.05, 0) is 450 Å². The predicted molar refractivity (Wildman–Crippen MR) is 594 cm³/mol. The van der Waals surface area contributed by atoms with E-state index in [4.69, 9.17) is 28.4 Å². The molecule has 798 valence electrons. The predicted octanol–water partition coefficient (Wildman–Crippen LogP) is 35.2. The van der Waals surface area contributed by atoms with E-state index < -0.39 is 0 Å². The Kier molecular flexibility index (Phi) is 34.7. The highest BCUT2D eigenvalue weighted by atomic mass is 16.5. The summed E-state index contributed by atoms with van der Waals surface area (Å²) in [6.45, 7) is 54.8. The zero-order valence-electron chi connectivity index (χ0n) is 94.9. The zero-order chi connectivity index (χ0) is 103. The lowest BCUT2D eigenvalue weighted by Crippen LogP contribution is -2.46. The number of phenols is 6. The number of ether oxygens (including phenoxy) is 6. The minimum absolute atomic E-state index is 0.236. The van der Waals surface area contributed by atoms with Gasteiger partial charge in [0.15, 0.2) is 0 Å². The maximum atomic E-state index is 12.3. The fraction of sp³-hybridized carbons (Fsp3) is 0.727. The van der Waals surface area contributed by atoms with Crippen molar-refractivity contribution in [3.05, 3.63) is 137 Å². The highest BCUT2D eigenvalue weighted by Gasteiger charge is 2.56. The molecule has 6 saturated carbocycles. The molecule has 0 unspecified atom stereocenters. The first-order valence-corrected chi connectivity index (χ1v) is 60.0. The Labute approximate surface area is 873 Å².